The lowest BCUT2D eigenvalue weighted by atomic mass is 10.2. The SMILES string of the molecule is C[N+]1=C=[N+](c2cccc(Oc3ccc4c(c3)n(-c3ccccn3)c3c5ccc(Oc6cccc([N+]7=C=[N+](C)c8ccccc87)c6)cc5n(-c5ccccn5)c43)c2)c2ccccc21. The second-order valence-electron chi connectivity index (χ2n) is 15.3. The zero-order valence-electron chi connectivity index (χ0n) is 33.7. The van der Waals surface area contributed by atoms with Gasteiger partial charge >= 0.3 is 12.0 Å². The van der Waals surface area contributed by atoms with E-state index in [4.69, 9.17) is 19.4 Å². The highest BCUT2D eigenvalue weighted by Gasteiger charge is 2.34. The molecule has 0 fully saturated rings. The van der Waals surface area contributed by atoms with Crippen molar-refractivity contribution in [2.75, 3.05) is 14.1 Å². The van der Waals surface area contributed by atoms with E-state index in [9.17, 15) is 0 Å². The van der Waals surface area contributed by atoms with Crippen molar-refractivity contribution >= 4 is 79.0 Å². The summed E-state index contributed by atoms with van der Waals surface area (Å²) in [6, 6.07) is 64.1. The predicted octanol–water partition coefficient (Wildman–Crippen LogP) is 11.7. The van der Waals surface area contributed by atoms with Gasteiger partial charge in [0.15, 0.2) is 14.1 Å². The van der Waals surface area contributed by atoms with Crippen LogP contribution in [-0.2, 0) is 0 Å². The van der Waals surface area contributed by atoms with Gasteiger partial charge in [-0.25, -0.2) is 9.97 Å². The van der Waals surface area contributed by atoms with E-state index >= 15 is 0 Å². The third-order valence-electron chi connectivity index (χ3n) is 11.4. The number of hydrogen-bond donors (Lipinski definition) is 0. The molecular formula is C52H36N8O2+4. The van der Waals surface area contributed by atoms with Crippen LogP contribution in [0.1, 0.15) is 0 Å². The fraction of sp³-hybridized carbons (Fsp3) is 0.0385. The molecule has 2 aliphatic heterocycles. The summed E-state index contributed by atoms with van der Waals surface area (Å²) in [6.07, 6.45) is 3.65. The Labute approximate surface area is 355 Å². The standard InChI is InChI=1S/C52H36N8O2/c1-55-33-57(45-19-5-3-17-43(45)55)35-13-11-15-37(29-35)61-39-23-25-41-47(31-39)59(49-21-7-9-27-53-49)52-42-26-24-40(32-48(42)60(51(41)52)50-22-8-10-28-54-50)62-38-16-12-14-36(30-38)58-34-56(2)44-18-4-6-20-46(44)58/h3-32H,1-2H3/q+4. The third kappa shape index (κ3) is 5.68. The molecule has 0 unspecified atom stereocenters. The predicted molar refractivity (Wildman–Crippen MR) is 244 cm³/mol. The molecule has 0 spiro atoms. The number of fused-ring (bicyclic) bond motifs is 7. The Morgan fingerprint density at radius 2 is 0.839 bits per heavy atom. The van der Waals surface area contributed by atoms with E-state index < -0.39 is 0 Å². The van der Waals surface area contributed by atoms with Crippen LogP contribution < -0.4 is 18.6 Å². The zero-order chi connectivity index (χ0) is 41.3. The first-order chi connectivity index (χ1) is 30.6. The van der Waals surface area contributed by atoms with Gasteiger partial charge in [0.25, 0.3) is 22.7 Å². The lowest BCUT2D eigenvalue weighted by molar-refractivity contribution is -0.394. The van der Waals surface area contributed by atoms with Crippen molar-refractivity contribution in [2.24, 2.45) is 0 Å². The lowest BCUT2D eigenvalue weighted by Crippen LogP contribution is -1.99. The van der Waals surface area contributed by atoms with Gasteiger partial charge in [0.2, 0.25) is 11.4 Å². The van der Waals surface area contributed by atoms with Gasteiger partial charge in [-0.2, -0.15) is 0 Å². The largest absolute Gasteiger partial charge is 0.496 e. The number of aromatic nitrogens is 4. The molecule has 0 atom stereocenters. The Kier molecular flexibility index (Phi) is 7.95. The summed E-state index contributed by atoms with van der Waals surface area (Å²) >= 11 is 0. The molecular weight excluding hydrogens is 769 g/mol. The maximum absolute atomic E-state index is 6.66. The van der Waals surface area contributed by atoms with Crippen LogP contribution >= 0.6 is 0 Å². The smallest absolute Gasteiger partial charge is 0.457 e. The Morgan fingerprint density at radius 3 is 1.27 bits per heavy atom. The summed E-state index contributed by atoms with van der Waals surface area (Å²) in [5, 5.41) is 2.04. The average Bonchev–Trinajstić information content (AvgIpc) is 4.04. The summed E-state index contributed by atoms with van der Waals surface area (Å²) in [6.45, 7) is 0. The molecule has 10 nitrogen and oxygen atoms in total. The first-order valence-electron chi connectivity index (χ1n) is 20.4. The maximum atomic E-state index is 6.66. The molecule has 0 aliphatic carbocycles. The van der Waals surface area contributed by atoms with Crippen molar-refractivity contribution < 1.29 is 18.6 Å². The minimum absolute atomic E-state index is 0.699. The van der Waals surface area contributed by atoms with Crippen molar-refractivity contribution in [3.05, 3.63) is 182 Å². The summed E-state index contributed by atoms with van der Waals surface area (Å²) in [5.74, 6) is 4.40. The van der Waals surface area contributed by atoms with Crippen LogP contribution in [0.4, 0.5) is 34.1 Å². The lowest BCUT2D eigenvalue weighted by Gasteiger charge is -2.11. The summed E-state index contributed by atoms with van der Waals surface area (Å²) in [4.78, 5) is 9.76. The van der Waals surface area contributed by atoms with Crippen LogP contribution in [0.15, 0.2) is 182 Å². The number of ether oxygens (including phenoxy) is 2. The van der Waals surface area contributed by atoms with Crippen LogP contribution in [0.25, 0.3) is 44.5 Å². The number of nitrogens with zero attached hydrogens (tertiary/aromatic N) is 8. The molecule has 6 aromatic carbocycles. The van der Waals surface area contributed by atoms with Crippen LogP contribution in [0, 0.1) is 0 Å². The van der Waals surface area contributed by atoms with Crippen molar-refractivity contribution in [1.82, 2.24) is 28.3 Å². The van der Waals surface area contributed by atoms with Gasteiger partial charge in [0, 0.05) is 71.7 Å². The average molecular weight is 805 g/mol. The van der Waals surface area contributed by atoms with Crippen LogP contribution in [0.3, 0.4) is 0 Å². The van der Waals surface area contributed by atoms with Gasteiger partial charge in [-0.3, -0.25) is 9.13 Å². The fourth-order valence-corrected chi connectivity index (χ4v) is 8.74. The number of hydrogen-bond acceptors (Lipinski definition) is 4. The summed E-state index contributed by atoms with van der Waals surface area (Å²) in [5.41, 5.74) is 10.1. The molecule has 12 rings (SSSR count). The minimum Gasteiger partial charge on any atom is -0.457 e. The van der Waals surface area contributed by atoms with E-state index in [1.807, 2.05) is 145 Å². The highest BCUT2D eigenvalue weighted by molar-refractivity contribution is 6.20. The summed E-state index contributed by atoms with van der Waals surface area (Å²) < 4.78 is 25.9. The van der Waals surface area contributed by atoms with Crippen molar-refractivity contribution in [1.29, 1.82) is 0 Å². The van der Waals surface area contributed by atoms with E-state index in [-0.39, 0.29) is 0 Å². The molecule has 62 heavy (non-hydrogen) atoms. The topological polar surface area (TPSA) is 66.1 Å². The van der Waals surface area contributed by atoms with Gasteiger partial charge in [-0.1, -0.05) is 57.7 Å². The second-order valence-corrected chi connectivity index (χ2v) is 15.3. The molecule has 10 aromatic rings. The van der Waals surface area contributed by atoms with Gasteiger partial charge in [-0.15, -0.1) is 0 Å². The molecule has 292 valence electrons. The molecule has 0 bridgehead atoms. The van der Waals surface area contributed by atoms with Crippen LogP contribution in [-0.4, -0.2) is 54.4 Å². The Bertz CT molecular complexity index is 3390. The molecule has 0 saturated heterocycles. The zero-order valence-corrected chi connectivity index (χ0v) is 33.7. The van der Waals surface area contributed by atoms with Crippen molar-refractivity contribution in [3.8, 4) is 34.6 Å². The Balaban J connectivity index is 0.982. The molecule has 10 heteroatoms. The van der Waals surface area contributed by atoms with E-state index in [0.29, 0.717) is 23.0 Å². The van der Waals surface area contributed by atoms with Crippen LogP contribution in [0.5, 0.6) is 23.0 Å². The fourth-order valence-electron chi connectivity index (χ4n) is 8.74. The van der Waals surface area contributed by atoms with Crippen molar-refractivity contribution in [3.63, 3.8) is 0 Å². The monoisotopic (exact) mass is 804 g/mol. The van der Waals surface area contributed by atoms with Gasteiger partial charge < -0.3 is 9.47 Å². The summed E-state index contributed by atoms with van der Waals surface area (Å²) in [7, 11) is 4.02. The highest BCUT2D eigenvalue weighted by atomic mass is 16.5. The quantitative estimate of drug-likeness (QED) is 0.144. The van der Waals surface area contributed by atoms with Gasteiger partial charge in [0.1, 0.15) is 34.6 Å². The minimum atomic E-state index is 0.699. The van der Waals surface area contributed by atoms with Gasteiger partial charge in [-0.05, 0) is 69.8 Å². The second kappa shape index (κ2) is 14.0. The third-order valence-corrected chi connectivity index (χ3v) is 11.4. The number of para-hydroxylation sites is 4. The molecule has 0 radical (unpaired) electrons. The first-order valence-corrected chi connectivity index (χ1v) is 20.4. The van der Waals surface area contributed by atoms with Crippen molar-refractivity contribution in [2.45, 2.75) is 0 Å². The molecule has 4 aromatic heterocycles. The maximum Gasteiger partial charge on any atom is 0.496 e. The molecule has 6 heterocycles. The molecule has 0 saturated carbocycles. The Hall–Kier alpha value is -8.68. The molecule has 0 amide bonds. The van der Waals surface area contributed by atoms with E-state index in [1.165, 1.54) is 0 Å². The van der Waals surface area contributed by atoms with E-state index in [0.717, 1.165) is 78.6 Å². The molecule has 0 N–H and O–H groups in total. The normalized spacial score (nSPS) is 12.9. The number of benzene rings is 6. The molecule has 2 aliphatic rings. The first kappa shape index (κ1) is 35.3. The number of pyridine rings is 2. The van der Waals surface area contributed by atoms with Crippen LogP contribution in [0.2, 0.25) is 0 Å². The Morgan fingerprint density at radius 1 is 0.419 bits per heavy atom. The van der Waals surface area contributed by atoms with E-state index in [2.05, 4.69) is 91.0 Å². The highest BCUT2D eigenvalue weighted by Crippen LogP contribution is 2.44. The van der Waals surface area contributed by atoms with Gasteiger partial charge in [0.05, 0.1) is 34.2 Å². The van der Waals surface area contributed by atoms with E-state index in [1.54, 1.807) is 0 Å². The number of rotatable bonds is 8.